The van der Waals surface area contributed by atoms with E-state index in [4.69, 9.17) is 16.3 Å². The number of halogens is 2. The predicted octanol–water partition coefficient (Wildman–Crippen LogP) is 3.58. The Balaban J connectivity index is 2.11. The highest BCUT2D eigenvalue weighted by Crippen LogP contribution is 2.32. The van der Waals surface area contributed by atoms with Gasteiger partial charge in [0.05, 0.1) is 13.3 Å². The van der Waals surface area contributed by atoms with Crippen LogP contribution in [0, 0.1) is 0 Å². The Morgan fingerprint density at radius 2 is 2.05 bits per heavy atom. The van der Waals surface area contributed by atoms with Gasteiger partial charge in [-0.2, -0.15) is 5.10 Å². The molecule has 0 aliphatic carbocycles. The van der Waals surface area contributed by atoms with Crippen LogP contribution in [0.25, 0.3) is 0 Å². The number of hydrogen-bond acceptors (Lipinski definition) is 4. The summed E-state index contributed by atoms with van der Waals surface area (Å²) in [4.78, 5) is 11.9. The zero-order valence-electron chi connectivity index (χ0n) is 11.5. The summed E-state index contributed by atoms with van der Waals surface area (Å²) >= 11 is 9.06. The fraction of sp³-hybridized carbons (Fsp3) is 0.0667. The Morgan fingerprint density at radius 3 is 2.68 bits per heavy atom. The van der Waals surface area contributed by atoms with Crippen LogP contribution < -0.4 is 10.2 Å². The summed E-state index contributed by atoms with van der Waals surface area (Å²) in [5, 5.41) is 14.3. The molecule has 1 amide bonds. The normalized spacial score (nSPS) is 10.7. The minimum atomic E-state index is -0.380. The van der Waals surface area contributed by atoms with Gasteiger partial charge in [-0.1, -0.05) is 27.5 Å². The number of ether oxygens (including phenoxy) is 1. The summed E-state index contributed by atoms with van der Waals surface area (Å²) < 4.78 is 5.75. The van der Waals surface area contributed by atoms with Gasteiger partial charge < -0.3 is 9.84 Å². The second-order valence-corrected chi connectivity index (χ2v) is 5.60. The predicted molar refractivity (Wildman–Crippen MR) is 88.9 cm³/mol. The summed E-state index contributed by atoms with van der Waals surface area (Å²) in [6.45, 7) is 0. The number of hydrogen-bond donors (Lipinski definition) is 2. The number of carbonyl (C=O) groups is 1. The van der Waals surface area contributed by atoms with Gasteiger partial charge in [-0.15, -0.1) is 0 Å². The number of hydrazone groups is 1. The minimum Gasteiger partial charge on any atom is -0.504 e. The molecule has 2 N–H and O–H groups in total. The zero-order valence-corrected chi connectivity index (χ0v) is 13.9. The van der Waals surface area contributed by atoms with Crippen LogP contribution >= 0.6 is 27.5 Å². The maximum atomic E-state index is 11.9. The largest absolute Gasteiger partial charge is 0.504 e. The first-order valence-corrected chi connectivity index (χ1v) is 7.34. The molecule has 0 saturated carbocycles. The molecule has 0 heterocycles. The van der Waals surface area contributed by atoms with Crippen molar-refractivity contribution < 1.29 is 14.6 Å². The van der Waals surface area contributed by atoms with Gasteiger partial charge >= 0.3 is 0 Å². The van der Waals surface area contributed by atoms with Crippen LogP contribution in [0.5, 0.6) is 11.5 Å². The third-order valence-corrected chi connectivity index (χ3v) is 3.48. The molecule has 0 fully saturated rings. The molecule has 0 radical (unpaired) electrons. The molecule has 0 atom stereocenters. The number of nitrogens with zero attached hydrogens (tertiary/aromatic N) is 1. The second kappa shape index (κ2) is 7.29. The van der Waals surface area contributed by atoms with Crippen LogP contribution in [0.3, 0.4) is 0 Å². The van der Waals surface area contributed by atoms with Gasteiger partial charge in [-0.05, 0) is 36.4 Å². The molecule has 0 saturated heterocycles. The van der Waals surface area contributed by atoms with Gasteiger partial charge in [0, 0.05) is 20.6 Å². The summed E-state index contributed by atoms with van der Waals surface area (Å²) in [5.41, 5.74) is 3.20. The van der Waals surface area contributed by atoms with E-state index in [1.807, 2.05) is 0 Å². The molecule has 2 aromatic carbocycles. The van der Waals surface area contributed by atoms with Crippen LogP contribution in [0.2, 0.25) is 5.02 Å². The van der Waals surface area contributed by atoms with E-state index in [1.165, 1.54) is 13.3 Å². The smallest absolute Gasteiger partial charge is 0.271 e. The number of rotatable bonds is 4. The van der Waals surface area contributed by atoms with Crippen molar-refractivity contribution in [1.82, 2.24) is 5.43 Å². The van der Waals surface area contributed by atoms with Crippen molar-refractivity contribution in [3.05, 3.63) is 57.0 Å². The Bertz CT molecular complexity index is 717. The number of phenolic OH excluding ortho intramolecular Hbond substituents is 1. The lowest BCUT2D eigenvalue weighted by Gasteiger charge is -2.06. The van der Waals surface area contributed by atoms with Crippen LogP contribution in [0.4, 0.5) is 0 Å². The molecule has 0 aliphatic rings. The number of carbonyl (C=O) groups excluding carboxylic acids is 1. The number of nitrogens with one attached hydrogen (secondary N) is 1. The second-order valence-electron chi connectivity index (χ2n) is 4.25. The van der Waals surface area contributed by atoms with Gasteiger partial charge in [0.15, 0.2) is 11.5 Å². The average Bonchev–Trinajstić information content (AvgIpc) is 2.50. The quantitative estimate of drug-likeness (QED) is 0.626. The SMILES string of the molecule is COc1cc(Br)cc(/C=N\NC(=O)c2ccc(Cl)cc2)c1O. The molecule has 0 aromatic heterocycles. The number of phenols is 1. The van der Waals surface area contributed by atoms with Crippen molar-refractivity contribution in [1.29, 1.82) is 0 Å². The van der Waals surface area contributed by atoms with E-state index in [-0.39, 0.29) is 11.7 Å². The van der Waals surface area contributed by atoms with E-state index >= 15 is 0 Å². The van der Waals surface area contributed by atoms with E-state index in [0.29, 0.717) is 26.4 Å². The number of benzene rings is 2. The van der Waals surface area contributed by atoms with Crippen molar-refractivity contribution in [3.63, 3.8) is 0 Å². The van der Waals surface area contributed by atoms with Gasteiger partial charge in [0.25, 0.3) is 5.91 Å². The molecule has 114 valence electrons. The number of aromatic hydroxyl groups is 1. The molecule has 7 heteroatoms. The van der Waals surface area contributed by atoms with E-state index in [9.17, 15) is 9.90 Å². The van der Waals surface area contributed by atoms with Crippen molar-refractivity contribution >= 4 is 39.7 Å². The summed E-state index contributed by atoms with van der Waals surface area (Å²) in [6.07, 6.45) is 1.33. The molecule has 0 aliphatic heterocycles. The maximum absolute atomic E-state index is 11.9. The van der Waals surface area contributed by atoms with E-state index in [1.54, 1.807) is 36.4 Å². The highest BCUT2D eigenvalue weighted by molar-refractivity contribution is 9.10. The summed E-state index contributed by atoms with van der Waals surface area (Å²) in [7, 11) is 1.45. The van der Waals surface area contributed by atoms with Crippen molar-refractivity contribution in [2.75, 3.05) is 7.11 Å². The van der Waals surface area contributed by atoms with Gasteiger partial charge in [0.1, 0.15) is 0 Å². The van der Waals surface area contributed by atoms with Gasteiger partial charge in [0.2, 0.25) is 0 Å². The standard InChI is InChI=1S/C15H12BrClN2O3/c1-22-13-7-11(16)6-10(14(13)20)8-18-19-15(21)9-2-4-12(17)5-3-9/h2-8,20H,1H3,(H,19,21)/b18-8-. The molecule has 0 unspecified atom stereocenters. The maximum Gasteiger partial charge on any atom is 0.271 e. The fourth-order valence-electron chi connectivity index (χ4n) is 1.67. The van der Waals surface area contributed by atoms with E-state index in [2.05, 4.69) is 26.5 Å². The molecule has 5 nitrogen and oxygen atoms in total. The molecule has 22 heavy (non-hydrogen) atoms. The highest BCUT2D eigenvalue weighted by atomic mass is 79.9. The van der Waals surface area contributed by atoms with Gasteiger partial charge in [-0.3, -0.25) is 4.79 Å². The molecular weight excluding hydrogens is 372 g/mol. The molecule has 0 spiro atoms. The third kappa shape index (κ3) is 3.99. The molecule has 2 rings (SSSR count). The molecule has 0 bridgehead atoms. The summed E-state index contributed by atoms with van der Waals surface area (Å²) in [6, 6.07) is 9.69. The Kier molecular flexibility index (Phi) is 5.41. The average molecular weight is 384 g/mol. The lowest BCUT2D eigenvalue weighted by Crippen LogP contribution is -2.17. The highest BCUT2D eigenvalue weighted by Gasteiger charge is 2.08. The third-order valence-electron chi connectivity index (χ3n) is 2.77. The lowest BCUT2D eigenvalue weighted by atomic mass is 10.2. The zero-order chi connectivity index (χ0) is 16.1. The van der Waals surface area contributed by atoms with Crippen LogP contribution in [-0.2, 0) is 0 Å². The Morgan fingerprint density at radius 1 is 1.36 bits per heavy atom. The fourth-order valence-corrected chi connectivity index (χ4v) is 2.26. The topological polar surface area (TPSA) is 70.9 Å². The number of amides is 1. The van der Waals surface area contributed by atoms with E-state index < -0.39 is 0 Å². The van der Waals surface area contributed by atoms with Crippen molar-refractivity contribution in [2.45, 2.75) is 0 Å². The van der Waals surface area contributed by atoms with Crippen LogP contribution in [-0.4, -0.2) is 24.3 Å². The summed E-state index contributed by atoms with van der Waals surface area (Å²) in [5.74, 6) is -0.135. The van der Waals surface area contributed by atoms with Crippen molar-refractivity contribution in [3.8, 4) is 11.5 Å². The Hall–Kier alpha value is -2.05. The first-order chi connectivity index (χ1) is 10.5. The Labute approximate surface area is 140 Å². The molecule has 2 aromatic rings. The van der Waals surface area contributed by atoms with E-state index in [0.717, 1.165) is 0 Å². The van der Waals surface area contributed by atoms with Crippen LogP contribution in [0.15, 0.2) is 46.0 Å². The molecular formula is C15H12BrClN2O3. The number of methoxy groups -OCH3 is 1. The van der Waals surface area contributed by atoms with Crippen molar-refractivity contribution in [2.24, 2.45) is 5.10 Å². The van der Waals surface area contributed by atoms with Gasteiger partial charge in [-0.25, -0.2) is 5.43 Å². The first-order valence-electron chi connectivity index (χ1n) is 6.16. The minimum absolute atomic E-state index is 0.0600. The lowest BCUT2D eigenvalue weighted by molar-refractivity contribution is 0.0955. The van der Waals surface area contributed by atoms with Crippen LogP contribution in [0.1, 0.15) is 15.9 Å². The monoisotopic (exact) mass is 382 g/mol. The first kappa shape index (κ1) is 16.3.